The van der Waals surface area contributed by atoms with Crippen molar-refractivity contribution in [2.24, 2.45) is 14.1 Å². The van der Waals surface area contributed by atoms with Gasteiger partial charge >= 0.3 is 26.1 Å². The van der Waals surface area contributed by atoms with E-state index < -0.39 is 0 Å². The van der Waals surface area contributed by atoms with Crippen molar-refractivity contribution in [2.75, 3.05) is 5.73 Å². The van der Waals surface area contributed by atoms with Crippen LogP contribution in [0.25, 0.3) is 35.5 Å². The molecule has 9 rings (SSSR count). The Morgan fingerprint density at radius 3 is 1.42 bits per heavy atom. The van der Waals surface area contributed by atoms with Crippen molar-refractivity contribution >= 4 is 65.8 Å². The van der Waals surface area contributed by atoms with E-state index >= 15 is 0 Å². The molecule has 0 spiro atoms. The topological polar surface area (TPSA) is 148 Å². The molecule has 0 aliphatic carbocycles. The molecule has 10 nitrogen and oxygen atoms in total. The number of hydrogen-bond acceptors (Lipinski definition) is 7. The zero-order chi connectivity index (χ0) is 62.5. The number of nitrogens with one attached hydrogen (secondary N) is 2. The number of nitrogens with zero attached hydrogens (tertiary/aromatic N) is 5. The van der Waals surface area contributed by atoms with Crippen LogP contribution in [0.5, 0.6) is 0 Å². The van der Waals surface area contributed by atoms with Gasteiger partial charge in [0.25, 0.3) is 5.56 Å². The number of H-pyrrole nitrogens is 1. The van der Waals surface area contributed by atoms with E-state index in [1.54, 1.807) is 41.0 Å². The van der Waals surface area contributed by atoms with Crippen LogP contribution in [0.2, 0.25) is 0 Å². The molecule has 4 unspecified atom stereocenters. The standard InChI is InChI=1S/C34H46.C10H12.C10H10.C8H8.C6H7N5.C6H8N2O2.Al.B.HN.H2/c1-6-26(4)31-21-24-34(25-22-31)33(17-14-27(5)30-12-10-9-11-13-30)23-20-29(8-3)32-18-15-28(7-2)16-19-32;2*1-3-9-5-7-10(4-2)8-6-9;1-2-8-6-4-3-5-7-8;1-11-3-10-4-5(7)8-2-9-6(4)11;1-4-3-8(2)6(10)7-5(4)9;;;;/h9-13,15-16,18-19,21-22,24-27,29,33H,6-8,14,17,20,23H2,1-5H3;3,5-8H,1,4H2,2H3;3-8H,1-2H2;2-7H,1H2;2-3H,1H3,(H2,7,8,9);3H,1-2H3,(H,7,9,10);;;2*1H/i;;;;;;;;;1+2. The summed E-state index contributed by atoms with van der Waals surface area (Å²) in [6.07, 6.45) is 21.6. The summed E-state index contributed by atoms with van der Waals surface area (Å²) in [5, 5.41) is 0. The third-order valence-electron chi connectivity index (χ3n) is 15.0. The molecule has 0 aliphatic rings. The predicted octanol–water partition coefficient (Wildman–Crippen LogP) is 17.7. The van der Waals surface area contributed by atoms with Gasteiger partial charge in [0.15, 0.2) is 11.5 Å². The van der Waals surface area contributed by atoms with E-state index in [9.17, 15) is 9.59 Å². The van der Waals surface area contributed by atoms with Gasteiger partial charge in [-0.25, -0.2) is 19.7 Å². The number of aromatic amines is 1. The van der Waals surface area contributed by atoms with Crippen molar-refractivity contribution in [3.8, 4) is 0 Å². The van der Waals surface area contributed by atoms with Crippen LogP contribution in [0, 0.1) is 11.3 Å². The van der Waals surface area contributed by atoms with Crippen molar-refractivity contribution in [1.29, 1.82) is 4.35 Å². The van der Waals surface area contributed by atoms with Crippen molar-refractivity contribution in [3.05, 3.63) is 285 Å². The van der Waals surface area contributed by atoms with Crippen LogP contribution in [0.4, 0.5) is 5.82 Å². The number of aryl methyl sites for hydroxylation is 5. The Morgan fingerprint density at radius 2 is 0.965 bits per heavy atom. The number of anilines is 1. The number of rotatable bonds is 18. The molecule has 0 amide bonds. The summed E-state index contributed by atoms with van der Waals surface area (Å²) in [4.78, 5) is 35.4. The quantitative estimate of drug-likeness (QED) is 0.0729. The van der Waals surface area contributed by atoms with Gasteiger partial charge in [-0.15, -0.1) is 0 Å². The summed E-state index contributed by atoms with van der Waals surface area (Å²) in [7, 11) is 3.45. The molecular weight excluding hydrogens is 1070 g/mol. The molecule has 4 radical (unpaired) electrons. The summed E-state index contributed by atoms with van der Waals surface area (Å²) >= 11 is 1.67. The van der Waals surface area contributed by atoms with Crippen LogP contribution in [0.1, 0.15) is 166 Å². The fourth-order valence-electron chi connectivity index (χ4n) is 9.15. The van der Waals surface area contributed by atoms with Gasteiger partial charge in [-0.3, -0.25) is 9.78 Å². The van der Waals surface area contributed by atoms with Crippen LogP contribution < -0.4 is 17.0 Å². The fraction of sp³-hybridized carbons (Fsp3) is 0.284. The SMILES string of the molecule is C=Cc1ccc(C=C)cc1.C=Cc1ccc(CC)cc1.C=Cc1ccccc1.CCc1ccc(C(CC)CCC(CCC(C)c2ccccc2)c2ccc(C(C)CC)cc2)cc1.Cc1cn(C)c(=O)[nH]c1=O.Cn1cnc2c(N)ncnc21.[3HH].[B].[NH]=[Al]. The van der Waals surface area contributed by atoms with Crippen LogP contribution in [-0.2, 0) is 26.9 Å². The zero-order valence-corrected chi connectivity index (χ0v) is 53.8. The van der Waals surface area contributed by atoms with E-state index in [2.05, 4.69) is 191 Å². The van der Waals surface area contributed by atoms with Gasteiger partial charge in [-0.2, -0.15) is 0 Å². The minimum absolute atomic E-state index is 0. The molecular formula is C74H94AlBN8O2. The molecule has 0 saturated carbocycles. The van der Waals surface area contributed by atoms with Crippen molar-refractivity contribution in [1.82, 2.24) is 29.1 Å². The number of imidazole rings is 1. The molecule has 3 heterocycles. The summed E-state index contributed by atoms with van der Waals surface area (Å²) < 4.78 is 8.80. The third-order valence-corrected chi connectivity index (χ3v) is 15.0. The minimum atomic E-state index is -0.379. The molecule has 448 valence electrons. The van der Waals surface area contributed by atoms with E-state index in [1.165, 1.54) is 100 Å². The Kier molecular flexibility index (Phi) is 35.8. The Bertz CT molecular complexity index is 3400. The number of fused-ring (bicyclic) bond motifs is 1. The van der Waals surface area contributed by atoms with E-state index in [4.69, 9.17) is 10.1 Å². The number of nitrogens with two attached hydrogens (primary N) is 1. The van der Waals surface area contributed by atoms with E-state index in [0.29, 0.717) is 40.6 Å². The van der Waals surface area contributed by atoms with Crippen molar-refractivity contribution in [3.63, 3.8) is 0 Å². The summed E-state index contributed by atoms with van der Waals surface area (Å²) in [6.45, 7) is 30.0. The first kappa shape index (κ1) is 73.8. The number of benzene rings is 6. The van der Waals surface area contributed by atoms with Gasteiger partial charge in [-0.05, 0) is 138 Å². The van der Waals surface area contributed by atoms with Crippen LogP contribution in [0.15, 0.2) is 212 Å². The second-order valence-electron chi connectivity index (χ2n) is 20.8. The van der Waals surface area contributed by atoms with Gasteiger partial charge in [-0.1, -0.05) is 250 Å². The Balaban J connectivity index is 0.000000583. The second-order valence-corrected chi connectivity index (χ2v) is 20.8. The normalized spacial score (nSPS) is 11.3. The average molecular weight is 1170 g/mol. The zero-order valence-electron chi connectivity index (χ0n) is 52.6. The monoisotopic (exact) mass is 1170 g/mol. The molecule has 6 aromatic carbocycles. The van der Waals surface area contributed by atoms with Crippen molar-refractivity contribution in [2.45, 2.75) is 124 Å². The maximum absolute atomic E-state index is 10.7. The van der Waals surface area contributed by atoms with E-state index in [0.717, 1.165) is 29.6 Å². The third kappa shape index (κ3) is 25.5. The number of hydrogen-bond donors (Lipinski definition) is 3. The Labute approximate surface area is 526 Å². The molecule has 0 fully saturated rings. The van der Waals surface area contributed by atoms with Crippen LogP contribution >= 0.6 is 0 Å². The predicted molar refractivity (Wildman–Crippen MR) is 373 cm³/mol. The van der Waals surface area contributed by atoms with Gasteiger partial charge in [0.05, 0.1) is 6.33 Å². The number of aromatic nitrogens is 6. The van der Waals surface area contributed by atoms with Gasteiger partial charge in [0.2, 0.25) is 0 Å². The van der Waals surface area contributed by atoms with Crippen molar-refractivity contribution < 1.29 is 1.43 Å². The van der Waals surface area contributed by atoms with E-state index in [-0.39, 0.29) is 21.1 Å². The summed E-state index contributed by atoms with van der Waals surface area (Å²) in [5.41, 5.74) is 20.3. The second kappa shape index (κ2) is 41.7. The number of nitrogen functional groups attached to an aromatic ring is 1. The molecule has 86 heavy (non-hydrogen) atoms. The molecule has 0 saturated heterocycles. The molecule has 0 aliphatic heterocycles. The first-order valence-electron chi connectivity index (χ1n) is 29.5. The maximum atomic E-state index is 10.7. The Hall–Kier alpha value is -8.29. The molecule has 4 N–H and O–H groups in total. The first-order chi connectivity index (χ1) is 41.1. The van der Waals surface area contributed by atoms with Crippen LogP contribution in [-0.4, -0.2) is 53.6 Å². The van der Waals surface area contributed by atoms with Gasteiger partial charge < -0.3 is 14.9 Å². The molecule has 0 bridgehead atoms. The molecule has 4 atom stereocenters. The van der Waals surface area contributed by atoms with Gasteiger partial charge in [0, 0.05) is 35.7 Å². The first-order valence-corrected chi connectivity index (χ1v) is 30.1. The molecule has 3 aromatic heterocycles. The van der Waals surface area contributed by atoms with Crippen LogP contribution in [0.3, 0.4) is 0 Å². The molecule has 9 aromatic rings. The summed E-state index contributed by atoms with van der Waals surface area (Å²) in [6, 6.07) is 56.6. The fourth-order valence-corrected chi connectivity index (χ4v) is 9.15. The van der Waals surface area contributed by atoms with E-state index in [1.807, 2.05) is 85.9 Å². The molecule has 12 heteroatoms. The Morgan fingerprint density at radius 1 is 0.547 bits per heavy atom. The average Bonchev–Trinajstić information content (AvgIpc) is 3.76. The van der Waals surface area contributed by atoms with Gasteiger partial charge in [0.1, 0.15) is 11.8 Å². The summed E-state index contributed by atoms with van der Waals surface area (Å²) in [5.74, 6) is 2.95.